The Morgan fingerprint density at radius 2 is 2.46 bits per heavy atom. The molecule has 1 rings (SSSR count). The van der Waals surface area contributed by atoms with Crippen LogP contribution in [0.1, 0.15) is 13.3 Å². The van der Waals surface area contributed by atoms with Gasteiger partial charge in [0.05, 0.1) is 6.10 Å². The van der Waals surface area contributed by atoms with E-state index in [1.54, 1.807) is 4.90 Å². The van der Waals surface area contributed by atoms with Gasteiger partial charge in [0.2, 0.25) is 5.91 Å². The normalized spacial score (nSPS) is 29.0. The van der Waals surface area contributed by atoms with E-state index in [9.17, 15) is 4.79 Å². The Balaban J connectivity index is 2.45. The topological polar surface area (TPSA) is 49.8 Å². The van der Waals surface area contributed by atoms with Gasteiger partial charge in [-0.15, -0.1) is 0 Å². The van der Waals surface area contributed by atoms with Gasteiger partial charge in [0.25, 0.3) is 0 Å². The average Bonchev–Trinajstić information content (AvgIpc) is 2.16. The Hall–Kier alpha value is 0.120. The van der Waals surface area contributed by atoms with Crippen LogP contribution in [0.2, 0.25) is 0 Å². The summed E-state index contributed by atoms with van der Waals surface area (Å²) in [6.07, 6.45) is 1.10. The number of piperidine rings is 1. The van der Waals surface area contributed by atoms with Gasteiger partial charge in [-0.1, -0.05) is 6.92 Å². The number of carbonyl (C=O) groups excluding carboxylic acids is 1. The van der Waals surface area contributed by atoms with Gasteiger partial charge >= 0.3 is 0 Å². The number of halogens is 1. The summed E-state index contributed by atoms with van der Waals surface area (Å²) in [5.74, 6) is 0.167. The van der Waals surface area contributed by atoms with Crippen LogP contribution in [0, 0.1) is 5.92 Å². The van der Waals surface area contributed by atoms with Crippen LogP contribution in [0.15, 0.2) is 0 Å². The van der Waals surface area contributed by atoms with Crippen LogP contribution in [0.5, 0.6) is 0 Å². The van der Waals surface area contributed by atoms with E-state index in [1.807, 2.05) is 23.0 Å². The molecular formula is C8H14INO3. The second-order valence-electron chi connectivity index (χ2n) is 3.39. The van der Waals surface area contributed by atoms with Crippen LogP contribution >= 0.6 is 23.0 Å². The molecule has 5 heteroatoms. The lowest BCUT2D eigenvalue weighted by Crippen LogP contribution is -2.46. The Bertz CT molecular complexity index is 188. The molecule has 1 aliphatic heterocycles. The third-order valence-electron chi connectivity index (χ3n) is 2.43. The molecule has 1 fully saturated rings. The summed E-state index contributed by atoms with van der Waals surface area (Å²) < 4.78 is 5.23. The Kier molecular flexibility index (Phi) is 4.40. The molecule has 1 N–H and O–H groups in total. The van der Waals surface area contributed by atoms with Crippen molar-refractivity contribution in [2.75, 3.05) is 19.7 Å². The number of amides is 1. The maximum absolute atomic E-state index is 11.1. The molecular weight excluding hydrogens is 285 g/mol. The van der Waals surface area contributed by atoms with Crippen molar-refractivity contribution in [3.8, 4) is 0 Å². The lowest BCUT2D eigenvalue weighted by atomic mass is 9.97. The van der Waals surface area contributed by atoms with Crippen LogP contribution in [-0.2, 0) is 7.86 Å². The van der Waals surface area contributed by atoms with Crippen LogP contribution in [-0.4, -0.2) is 41.7 Å². The predicted octanol–water partition coefficient (Wildman–Crippen LogP) is 0.582. The summed E-state index contributed by atoms with van der Waals surface area (Å²) in [5, 5.41) is 8.67. The number of hydrogen-bond acceptors (Lipinski definition) is 3. The van der Waals surface area contributed by atoms with Crippen molar-refractivity contribution in [1.29, 1.82) is 0 Å². The molecule has 1 saturated heterocycles. The molecule has 1 heterocycles. The maximum atomic E-state index is 11.1. The van der Waals surface area contributed by atoms with Crippen LogP contribution < -0.4 is 0 Å². The van der Waals surface area contributed by atoms with Gasteiger partial charge in [0.15, 0.2) is 0 Å². The van der Waals surface area contributed by atoms with Crippen molar-refractivity contribution in [1.82, 2.24) is 4.90 Å². The first-order chi connectivity index (χ1) is 6.19. The summed E-state index contributed by atoms with van der Waals surface area (Å²) in [6, 6.07) is 0. The van der Waals surface area contributed by atoms with Gasteiger partial charge in [0, 0.05) is 19.0 Å². The molecule has 0 aromatic carbocycles. The zero-order valence-corrected chi connectivity index (χ0v) is 9.73. The Labute approximate surface area is 91.9 Å². The molecule has 1 aliphatic rings. The zero-order valence-electron chi connectivity index (χ0n) is 7.57. The molecule has 0 spiro atoms. The monoisotopic (exact) mass is 299 g/mol. The van der Waals surface area contributed by atoms with E-state index in [0.29, 0.717) is 19.0 Å². The largest absolute Gasteiger partial charge is 0.387 e. The van der Waals surface area contributed by atoms with Gasteiger partial charge in [-0.2, -0.15) is 0 Å². The predicted molar refractivity (Wildman–Crippen MR) is 56.3 cm³/mol. The number of carbonyl (C=O) groups is 1. The van der Waals surface area contributed by atoms with Crippen LogP contribution in [0.4, 0.5) is 0 Å². The molecule has 4 nitrogen and oxygen atoms in total. The van der Waals surface area contributed by atoms with Crippen molar-refractivity contribution in [3.63, 3.8) is 0 Å². The molecule has 0 radical (unpaired) electrons. The molecule has 0 aliphatic carbocycles. The fourth-order valence-corrected chi connectivity index (χ4v) is 2.34. The molecule has 2 atom stereocenters. The SMILES string of the molecule is CC1CN(C(=O)CO)CCC1OI. The van der Waals surface area contributed by atoms with E-state index >= 15 is 0 Å². The number of aliphatic hydroxyl groups is 1. The highest BCUT2D eigenvalue weighted by atomic mass is 127. The van der Waals surface area contributed by atoms with E-state index in [2.05, 4.69) is 6.92 Å². The van der Waals surface area contributed by atoms with E-state index in [-0.39, 0.29) is 18.6 Å². The van der Waals surface area contributed by atoms with E-state index in [4.69, 9.17) is 8.17 Å². The number of likely N-dealkylation sites (tertiary alicyclic amines) is 1. The fourth-order valence-electron chi connectivity index (χ4n) is 1.58. The number of aliphatic hydroxyl groups excluding tert-OH is 1. The smallest absolute Gasteiger partial charge is 0.248 e. The molecule has 0 aromatic rings. The molecule has 0 bridgehead atoms. The first-order valence-corrected chi connectivity index (χ1v) is 5.23. The van der Waals surface area contributed by atoms with Gasteiger partial charge in [0.1, 0.15) is 29.6 Å². The minimum absolute atomic E-state index is 0.182. The summed E-state index contributed by atoms with van der Waals surface area (Å²) >= 11 is 1.90. The minimum atomic E-state index is -0.386. The Morgan fingerprint density at radius 1 is 1.77 bits per heavy atom. The second kappa shape index (κ2) is 5.11. The van der Waals surface area contributed by atoms with E-state index in [0.717, 1.165) is 6.42 Å². The fraction of sp³-hybridized carbons (Fsp3) is 0.875. The molecule has 76 valence electrons. The molecule has 1 amide bonds. The van der Waals surface area contributed by atoms with Crippen molar-refractivity contribution in [2.45, 2.75) is 19.4 Å². The molecule has 2 unspecified atom stereocenters. The standard InChI is InChI=1S/C8H14INO3/c1-6-4-10(8(12)5-11)3-2-7(6)13-9/h6-7,11H,2-5H2,1H3. The van der Waals surface area contributed by atoms with E-state index < -0.39 is 0 Å². The van der Waals surface area contributed by atoms with Crippen molar-refractivity contribution in [2.24, 2.45) is 5.92 Å². The number of nitrogens with zero attached hydrogens (tertiary/aromatic N) is 1. The summed E-state index contributed by atoms with van der Waals surface area (Å²) in [5.41, 5.74) is 0. The van der Waals surface area contributed by atoms with Crippen LogP contribution in [0.25, 0.3) is 0 Å². The highest BCUT2D eigenvalue weighted by molar-refractivity contribution is 14.1. The Morgan fingerprint density at radius 3 is 2.92 bits per heavy atom. The van der Waals surface area contributed by atoms with Crippen molar-refractivity contribution in [3.05, 3.63) is 0 Å². The quantitative estimate of drug-likeness (QED) is 0.759. The average molecular weight is 299 g/mol. The zero-order chi connectivity index (χ0) is 9.84. The number of rotatable bonds is 2. The van der Waals surface area contributed by atoms with E-state index in [1.165, 1.54) is 0 Å². The molecule has 13 heavy (non-hydrogen) atoms. The van der Waals surface area contributed by atoms with Crippen molar-refractivity contribution < 1.29 is 13.0 Å². The first kappa shape index (κ1) is 11.2. The van der Waals surface area contributed by atoms with Crippen LogP contribution in [0.3, 0.4) is 0 Å². The third kappa shape index (κ3) is 2.78. The summed E-state index contributed by atoms with van der Waals surface area (Å²) in [6.45, 7) is 3.05. The van der Waals surface area contributed by atoms with Gasteiger partial charge in [-0.05, 0) is 6.42 Å². The van der Waals surface area contributed by atoms with Gasteiger partial charge in [-0.3, -0.25) is 4.79 Å². The lowest BCUT2D eigenvalue weighted by Gasteiger charge is -2.35. The van der Waals surface area contributed by atoms with Crippen molar-refractivity contribution >= 4 is 28.9 Å². The summed E-state index contributed by atoms with van der Waals surface area (Å²) in [4.78, 5) is 12.8. The summed E-state index contributed by atoms with van der Waals surface area (Å²) in [7, 11) is 0. The lowest BCUT2D eigenvalue weighted by molar-refractivity contribution is -0.137. The third-order valence-corrected chi connectivity index (χ3v) is 3.08. The molecule has 0 saturated carbocycles. The minimum Gasteiger partial charge on any atom is -0.387 e. The molecule has 0 aromatic heterocycles. The van der Waals surface area contributed by atoms with Gasteiger partial charge < -0.3 is 13.1 Å². The highest BCUT2D eigenvalue weighted by Gasteiger charge is 2.28. The second-order valence-corrected chi connectivity index (χ2v) is 3.90. The number of hydrogen-bond donors (Lipinski definition) is 1. The van der Waals surface area contributed by atoms with Gasteiger partial charge in [-0.25, -0.2) is 0 Å². The first-order valence-electron chi connectivity index (χ1n) is 4.35. The maximum Gasteiger partial charge on any atom is 0.248 e. The highest BCUT2D eigenvalue weighted by Crippen LogP contribution is 2.21.